The van der Waals surface area contributed by atoms with E-state index in [1.807, 2.05) is 25.1 Å². The number of aliphatic hydroxyl groups is 1. The van der Waals surface area contributed by atoms with Gasteiger partial charge >= 0.3 is 0 Å². The van der Waals surface area contributed by atoms with E-state index in [9.17, 15) is 0 Å². The van der Waals surface area contributed by atoms with Crippen molar-refractivity contribution < 1.29 is 9.84 Å². The van der Waals surface area contributed by atoms with Gasteiger partial charge in [0.2, 0.25) is 0 Å². The first kappa shape index (κ1) is 15.7. The molecule has 0 aliphatic heterocycles. The fourth-order valence-corrected chi connectivity index (χ4v) is 1.77. The van der Waals surface area contributed by atoms with Crippen molar-refractivity contribution >= 4 is 28.3 Å². The van der Waals surface area contributed by atoms with Crippen molar-refractivity contribution in [3.63, 3.8) is 0 Å². The summed E-state index contributed by atoms with van der Waals surface area (Å²) in [6.07, 6.45) is 0.538. The Bertz CT molecular complexity index is 323. The quantitative estimate of drug-likeness (QED) is 0.879. The van der Waals surface area contributed by atoms with Gasteiger partial charge in [0.25, 0.3) is 0 Å². The van der Waals surface area contributed by atoms with Crippen LogP contribution in [0.25, 0.3) is 0 Å². The van der Waals surface area contributed by atoms with Crippen molar-refractivity contribution in [2.75, 3.05) is 13.2 Å². The van der Waals surface area contributed by atoms with Gasteiger partial charge in [-0.05, 0) is 31.5 Å². The number of hydrogen-bond acceptors (Lipinski definition) is 3. The first-order valence-electron chi connectivity index (χ1n) is 4.97. The highest BCUT2D eigenvalue weighted by Crippen LogP contribution is 2.28. The number of ether oxygens (including phenoxy) is 1. The number of rotatable bonds is 5. The number of nitrogens with two attached hydrogens (primary N) is 1. The largest absolute Gasteiger partial charge is 0.494 e. The highest BCUT2D eigenvalue weighted by atomic mass is 79.9. The Morgan fingerprint density at radius 2 is 2.19 bits per heavy atom. The summed E-state index contributed by atoms with van der Waals surface area (Å²) < 4.78 is 6.44. The molecular formula is C11H17BrClNO2. The fourth-order valence-electron chi connectivity index (χ4n) is 1.39. The number of hydrogen-bond donors (Lipinski definition) is 2. The Kier molecular flexibility index (Phi) is 7.76. The molecule has 0 aliphatic rings. The van der Waals surface area contributed by atoms with E-state index in [1.54, 1.807) is 0 Å². The fraction of sp³-hybridized carbons (Fsp3) is 0.455. The Morgan fingerprint density at radius 3 is 2.75 bits per heavy atom. The standard InChI is InChI=1S/C11H16BrNO2.ClH/c1-2-15-11-4-3-8(12)7-9(11)10(13)5-6-14;/h3-4,7,10,14H,2,5-6,13H2,1H3;1H/t10-;/m0./s1. The zero-order valence-electron chi connectivity index (χ0n) is 9.15. The molecule has 0 radical (unpaired) electrons. The summed E-state index contributed by atoms with van der Waals surface area (Å²) in [5.41, 5.74) is 6.88. The van der Waals surface area contributed by atoms with Gasteiger partial charge in [0.1, 0.15) is 5.75 Å². The maximum absolute atomic E-state index is 8.86. The molecule has 0 fully saturated rings. The third kappa shape index (κ3) is 4.29. The van der Waals surface area contributed by atoms with Crippen LogP contribution >= 0.6 is 28.3 Å². The van der Waals surface area contributed by atoms with Gasteiger partial charge in [-0.25, -0.2) is 0 Å². The molecule has 0 bridgehead atoms. The molecule has 16 heavy (non-hydrogen) atoms. The minimum Gasteiger partial charge on any atom is -0.494 e. The average molecular weight is 311 g/mol. The van der Waals surface area contributed by atoms with Crippen molar-refractivity contribution in [3.05, 3.63) is 28.2 Å². The van der Waals surface area contributed by atoms with E-state index in [4.69, 9.17) is 15.6 Å². The predicted molar refractivity (Wildman–Crippen MR) is 71.2 cm³/mol. The first-order chi connectivity index (χ1) is 7.19. The second-order valence-electron chi connectivity index (χ2n) is 3.23. The van der Waals surface area contributed by atoms with Crippen molar-refractivity contribution in [3.8, 4) is 5.75 Å². The van der Waals surface area contributed by atoms with Gasteiger partial charge in [-0.1, -0.05) is 15.9 Å². The van der Waals surface area contributed by atoms with Gasteiger partial charge in [-0.2, -0.15) is 0 Å². The van der Waals surface area contributed by atoms with Gasteiger partial charge in [0.05, 0.1) is 6.61 Å². The molecule has 5 heteroatoms. The third-order valence-corrected chi connectivity index (χ3v) is 2.60. The monoisotopic (exact) mass is 309 g/mol. The lowest BCUT2D eigenvalue weighted by atomic mass is 10.0. The molecule has 1 atom stereocenters. The van der Waals surface area contributed by atoms with Gasteiger partial charge < -0.3 is 15.6 Å². The van der Waals surface area contributed by atoms with Crippen LogP contribution in [0, 0.1) is 0 Å². The summed E-state index contributed by atoms with van der Waals surface area (Å²) in [6.45, 7) is 2.63. The molecule has 0 saturated carbocycles. The summed E-state index contributed by atoms with van der Waals surface area (Å²) in [4.78, 5) is 0. The lowest BCUT2D eigenvalue weighted by Crippen LogP contribution is -2.13. The predicted octanol–water partition coefficient (Wildman–Crippen LogP) is 2.65. The number of halogens is 2. The molecule has 0 saturated heterocycles. The lowest BCUT2D eigenvalue weighted by Gasteiger charge is -2.16. The molecule has 0 amide bonds. The molecule has 3 nitrogen and oxygen atoms in total. The molecule has 92 valence electrons. The molecule has 0 spiro atoms. The Morgan fingerprint density at radius 1 is 1.50 bits per heavy atom. The molecule has 1 rings (SSSR count). The van der Waals surface area contributed by atoms with Crippen LogP contribution < -0.4 is 10.5 Å². The Hall–Kier alpha value is -0.290. The van der Waals surface area contributed by atoms with Crippen LogP contribution in [-0.4, -0.2) is 18.3 Å². The summed E-state index contributed by atoms with van der Waals surface area (Å²) in [5, 5.41) is 8.86. The van der Waals surface area contributed by atoms with Gasteiger partial charge in [-0.15, -0.1) is 12.4 Å². The van der Waals surface area contributed by atoms with E-state index in [0.29, 0.717) is 13.0 Å². The lowest BCUT2D eigenvalue weighted by molar-refractivity contribution is 0.273. The van der Waals surface area contributed by atoms with Crippen LogP contribution in [0.5, 0.6) is 5.75 Å². The third-order valence-electron chi connectivity index (χ3n) is 2.11. The van der Waals surface area contributed by atoms with Crippen LogP contribution in [0.3, 0.4) is 0 Å². The topological polar surface area (TPSA) is 55.5 Å². The summed E-state index contributed by atoms with van der Waals surface area (Å²) in [6, 6.07) is 5.56. The van der Waals surface area contributed by atoms with E-state index in [2.05, 4.69) is 15.9 Å². The van der Waals surface area contributed by atoms with E-state index >= 15 is 0 Å². The van der Waals surface area contributed by atoms with E-state index in [1.165, 1.54) is 0 Å². The summed E-state index contributed by atoms with van der Waals surface area (Å²) >= 11 is 3.39. The average Bonchev–Trinajstić information content (AvgIpc) is 2.21. The van der Waals surface area contributed by atoms with Crippen molar-refractivity contribution in [2.45, 2.75) is 19.4 Å². The molecule has 0 heterocycles. The van der Waals surface area contributed by atoms with E-state index in [-0.39, 0.29) is 25.1 Å². The maximum atomic E-state index is 8.86. The molecular weight excluding hydrogens is 293 g/mol. The molecule has 1 aromatic rings. The zero-order chi connectivity index (χ0) is 11.3. The Balaban J connectivity index is 0.00000225. The zero-order valence-corrected chi connectivity index (χ0v) is 11.6. The van der Waals surface area contributed by atoms with Crippen LogP contribution in [-0.2, 0) is 0 Å². The summed E-state index contributed by atoms with van der Waals surface area (Å²) in [5.74, 6) is 0.793. The van der Waals surface area contributed by atoms with E-state index < -0.39 is 0 Å². The second-order valence-corrected chi connectivity index (χ2v) is 4.15. The molecule has 0 unspecified atom stereocenters. The Labute approximate surface area is 111 Å². The van der Waals surface area contributed by atoms with Gasteiger partial charge in [0, 0.05) is 22.7 Å². The SMILES string of the molecule is CCOc1ccc(Br)cc1[C@@H](N)CCO.Cl. The highest BCUT2D eigenvalue weighted by molar-refractivity contribution is 9.10. The second kappa shape index (κ2) is 7.90. The minimum atomic E-state index is -0.186. The van der Waals surface area contributed by atoms with Gasteiger partial charge in [-0.3, -0.25) is 0 Å². The molecule has 0 aliphatic carbocycles. The van der Waals surface area contributed by atoms with Crippen LogP contribution in [0.2, 0.25) is 0 Å². The number of aliphatic hydroxyl groups excluding tert-OH is 1. The minimum absolute atomic E-state index is 0. The maximum Gasteiger partial charge on any atom is 0.124 e. The number of benzene rings is 1. The normalized spacial score (nSPS) is 11.8. The van der Waals surface area contributed by atoms with Crippen molar-refractivity contribution in [2.24, 2.45) is 5.73 Å². The van der Waals surface area contributed by atoms with Crippen LogP contribution in [0.4, 0.5) is 0 Å². The highest BCUT2D eigenvalue weighted by Gasteiger charge is 2.12. The molecule has 0 aromatic heterocycles. The van der Waals surface area contributed by atoms with Gasteiger partial charge in [0.15, 0.2) is 0 Å². The van der Waals surface area contributed by atoms with Crippen LogP contribution in [0.15, 0.2) is 22.7 Å². The van der Waals surface area contributed by atoms with E-state index in [0.717, 1.165) is 15.8 Å². The van der Waals surface area contributed by atoms with Crippen LogP contribution in [0.1, 0.15) is 24.9 Å². The molecule has 1 aromatic carbocycles. The summed E-state index contributed by atoms with van der Waals surface area (Å²) in [7, 11) is 0. The molecule has 3 N–H and O–H groups in total. The van der Waals surface area contributed by atoms with Crippen molar-refractivity contribution in [1.82, 2.24) is 0 Å². The smallest absolute Gasteiger partial charge is 0.124 e. The first-order valence-corrected chi connectivity index (χ1v) is 5.77. The van der Waals surface area contributed by atoms with Crippen molar-refractivity contribution in [1.29, 1.82) is 0 Å².